The minimum Gasteiger partial charge on any atom is -0.373 e. The van der Waals surface area contributed by atoms with E-state index in [1.54, 1.807) is 0 Å². The van der Waals surface area contributed by atoms with E-state index >= 15 is 0 Å². The topological polar surface area (TPSA) is 59.4 Å². The van der Waals surface area contributed by atoms with Crippen LogP contribution in [0.2, 0.25) is 0 Å². The lowest BCUT2D eigenvalue weighted by Crippen LogP contribution is -2.47. The summed E-state index contributed by atoms with van der Waals surface area (Å²) in [5.74, 6) is 1.35. The summed E-state index contributed by atoms with van der Waals surface area (Å²) >= 11 is 0. The Balaban J connectivity index is 0.00000169. The molecular weight excluding hydrogens is 375 g/mol. The van der Waals surface area contributed by atoms with Crippen LogP contribution < -0.4 is 5.32 Å². The van der Waals surface area contributed by atoms with Crippen molar-refractivity contribution >= 4 is 30.7 Å². The number of hydrogen-bond donors (Lipinski definition) is 1. The Labute approximate surface area is 168 Å². The number of morpholine rings is 1. The number of amides is 1. The molecule has 6 nitrogen and oxygen atoms in total. The molecule has 0 spiro atoms. The lowest BCUT2D eigenvalue weighted by atomic mass is 9.85. The van der Waals surface area contributed by atoms with Crippen molar-refractivity contribution in [2.75, 3.05) is 32.8 Å². The van der Waals surface area contributed by atoms with E-state index in [0.717, 1.165) is 18.7 Å². The molecule has 0 bridgehead atoms. The van der Waals surface area contributed by atoms with Crippen LogP contribution in [-0.2, 0) is 16.1 Å². The third-order valence-corrected chi connectivity index (χ3v) is 5.28. The Morgan fingerprint density at radius 3 is 2.92 bits per heavy atom. The predicted octanol–water partition coefficient (Wildman–Crippen LogP) is 2.29. The fraction of sp³-hybridized carbons (Fsp3) is 0.778. The zero-order valence-electron chi connectivity index (χ0n) is 15.7. The van der Waals surface area contributed by atoms with Gasteiger partial charge in [-0.15, -0.1) is 24.8 Å². The van der Waals surface area contributed by atoms with Gasteiger partial charge in [-0.3, -0.25) is 9.48 Å². The molecule has 150 valence electrons. The van der Waals surface area contributed by atoms with Crippen molar-refractivity contribution in [2.45, 2.75) is 45.8 Å². The summed E-state index contributed by atoms with van der Waals surface area (Å²) in [6.07, 6.45) is 7.03. The van der Waals surface area contributed by atoms with Crippen LogP contribution in [0, 0.1) is 18.8 Å². The van der Waals surface area contributed by atoms with Gasteiger partial charge in [0.1, 0.15) is 0 Å². The second kappa shape index (κ2) is 11.1. The molecular formula is C18H32Cl2N4O2. The van der Waals surface area contributed by atoms with Gasteiger partial charge in [-0.1, -0.05) is 6.92 Å². The highest BCUT2D eigenvalue weighted by molar-refractivity contribution is 5.85. The van der Waals surface area contributed by atoms with Gasteiger partial charge in [0.2, 0.25) is 5.91 Å². The van der Waals surface area contributed by atoms with Crippen molar-refractivity contribution in [2.24, 2.45) is 11.8 Å². The van der Waals surface area contributed by atoms with Gasteiger partial charge in [0, 0.05) is 25.7 Å². The van der Waals surface area contributed by atoms with E-state index in [1.165, 1.54) is 12.8 Å². The molecule has 26 heavy (non-hydrogen) atoms. The summed E-state index contributed by atoms with van der Waals surface area (Å²) in [6, 6.07) is 0. The second-order valence-electron chi connectivity index (χ2n) is 7.36. The van der Waals surface area contributed by atoms with Crippen LogP contribution in [0.25, 0.3) is 0 Å². The quantitative estimate of drug-likeness (QED) is 0.814. The molecule has 8 heteroatoms. The highest BCUT2D eigenvalue weighted by Gasteiger charge is 2.28. The van der Waals surface area contributed by atoms with Gasteiger partial charge in [0.15, 0.2) is 0 Å². The maximum Gasteiger partial charge on any atom is 0.223 e. The van der Waals surface area contributed by atoms with E-state index in [9.17, 15) is 4.79 Å². The van der Waals surface area contributed by atoms with Gasteiger partial charge >= 0.3 is 0 Å². The zero-order chi connectivity index (χ0) is 16.9. The van der Waals surface area contributed by atoms with Crippen molar-refractivity contribution in [3.8, 4) is 0 Å². The molecule has 2 fully saturated rings. The molecule has 3 heterocycles. The van der Waals surface area contributed by atoms with Crippen LogP contribution in [0.15, 0.2) is 12.4 Å². The average molecular weight is 407 g/mol. The third-order valence-electron chi connectivity index (χ3n) is 5.28. The zero-order valence-corrected chi connectivity index (χ0v) is 17.4. The van der Waals surface area contributed by atoms with Gasteiger partial charge in [0.25, 0.3) is 0 Å². The number of carbonyl (C=O) groups is 1. The summed E-state index contributed by atoms with van der Waals surface area (Å²) in [4.78, 5) is 14.7. The first-order chi connectivity index (χ1) is 11.6. The molecule has 2 aliphatic heterocycles. The first-order valence-electron chi connectivity index (χ1n) is 9.21. The monoisotopic (exact) mass is 406 g/mol. The highest BCUT2D eigenvalue weighted by atomic mass is 35.5. The number of nitrogens with zero attached hydrogens (tertiary/aromatic N) is 3. The SMILES string of the molecule is Cc1cnn(CC2CN(C(=O)CC(C)C3CCCNC3)CCO2)c1.Cl.Cl. The smallest absolute Gasteiger partial charge is 0.223 e. The summed E-state index contributed by atoms with van der Waals surface area (Å²) in [5, 5.41) is 7.77. The van der Waals surface area contributed by atoms with Crippen LogP contribution >= 0.6 is 24.8 Å². The largest absolute Gasteiger partial charge is 0.373 e. The lowest BCUT2D eigenvalue weighted by Gasteiger charge is -2.35. The molecule has 3 rings (SSSR count). The number of nitrogens with one attached hydrogen (secondary N) is 1. The number of piperidine rings is 1. The van der Waals surface area contributed by atoms with E-state index in [2.05, 4.69) is 17.3 Å². The fourth-order valence-corrected chi connectivity index (χ4v) is 3.77. The van der Waals surface area contributed by atoms with E-state index in [0.29, 0.717) is 44.5 Å². The van der Waals surface area contributed by atoms with Gasteiger partial charge in [-0.25, -0.2) is 0 Å². The van der Waals surface area contributed by atoms with E-state index in [-0.39, 0.29) is 36.8 Å². The van der Waals surface area contributed by atoms with Crippen molar-refractivity contribution in [1.29, 1.82) is 0 Å². The van der Waals surface area contributed by atoms with Gasteiger partial charge in [-0.2, -0.15) is 5.10 Å². The Hall–Kier alpha value is -0.820. The molecule has 0 aliphatic carbocycles. The van der Waals surface area contributed by atoms with Gasteiger partial charge in [-0.05, 0) is 50.3 Å². The summed E-state index contributed by atoms with van der Waals surface area (Å²) in [7, 11) is 0. The van der Waals surface area contributed by atoms with Crippen LogP contribution in [0.4, 0.5) is 0 Å². The van der Waals surface area contributed by atoms with Crippen LogP contribution in [0.1, 0.15) is 31.7 Å². The maximum atomic E-state index is 12.7. The number of aromatic nitrogens is 2. The number of carbonyl (C=O) groups excluding carboxylic acids is 1. The normalized spacial score (nSPS) is 24.3. The van der Waals surface area contributed by atoms with Crippen molar-refractivity contribution in [3.63, 3.8) is 0 Å². The third kappa shape index (κ3) is 6.41. The highest BCUT2D eigenvalue weighted by Crippen LogP contribution is 2.23. The van der Waals surface area contributed by atoms with Gasteiger partial charge in [0.05, 0.1) is 25.5 Å². The van der Waals surface area contributed by atoms with Crippen molar-refractivity contribution in [3.05, 3.63) is 18.0 Å². The Kier molecular flexibility index (Phi) is 9.93. The summed E-state index contributed by atoms with van der Waals surface area (Å²) < 4.78 is 7.74. The molecule has 3 unspecified atom stereocenters. The molecule has 1 amide bonds. The fourth-order valence-electron chi connectivity index (χ4n) is 3.77. The van der Waals surface area contributed by atoms with Gasteiger partial charge < -0.3 is 15.0 Å². The number of rotatable bonds is 5. The van der Waals surface area contributed by atoms with Crippen molar-refractivity contribution in [1.82, 2.24) is 20.0 Å². The number of aryl methyl sites for hydroxylation is 1. The molecule has 1 N–H and O–H groups in total. The second-order valence-corrected chi connectivity index (χ2v) is 7.36. The molecule has 2 aliphatic rings. The average Bonchev–Trinajstić information content (AvgIpc) is 3.00. The minimum absolute atomic E-state index is 0. The number of ether oxygens (including phenoxy) is 1. The molecule has 1 aromatic rings. The molecule has 1 aromatic heterocycles. The standard InChI is InChI=1S/C18H30N4O2.2ClH/c1-14-9-20-22(11-14)13-17-12-21(6-7-24-17)18(23)8-15(2)16-4-3-5-19-10-16;;/h9,11,15-17,19H,3-8,10,12-13H2,1-2H3;2*1H. The molecule has 2 saturated heterocycles. The summed E-state index contributed by atoms with van der Waals surface area (Å²) in [6.45, 7) is 9.14. The first kappa shape index (κ1) is 23.2. The number of hydrogen-bond acceptors (Lipinski definition) is 4. The van der Waals surface area contributed by atoms with E-state index < -0.39 is 0 Å². The molecule has 0 aromatic carbocycles. The van der Waals surface area contributed by atoms with Crippen LogP contribution in [-0.4, -0.2) is 59.5 Å². The molecule has 3 atom stereocenters. The predicted molar refractivity (Wildman–Crippen MR) is 107 cm³/mol. The molecule has 0 radical (unpaired) electrons. The number of halogens is 2. The lowest BCUT2D eigenvalue weighted by molar-refractivity contribution is -0.140. The Bertz CT molecular complexity index is 549. The maximum absolute atomic E-state index is 12.7. The van der Waals surface area contributed by atoms with E-state index in [4.69, 9.17) is 4.74 Å². The Morgan fingerprint density at radius 1 is 1.46 bits per heavy atom. The summed E-state index contributed by atoms with van der Waals surface area (Å²) in [5.41, 5.74) is 1.15. The van der Waals surface area contributed by atoms with Crippen LogP contribution in [0.5, 0.6) is 0 Å². The van der Waals surface area contributed by atoms with E-state index in [1.807, 2.05) is 28.9 Å². The molecule has 0 saturated carbocycles. The Morgan fingerprint density at radius 2 is 2.27 bits per heavy atom. The van der Waals surface area contributed by atoms with Crippen LogP contribution in [0.3, 0.4) is 0 Å². The first-order valence-corrected chi connectivity index (χ1v) is 9.21. The minimum atomic E-state index is 0. The van der Waals surface area contributed by atoms with Crippen molar-refractivity contribution < 1.29 is 9.53 Å².